The van der Waals surface area contributed by atoms with E-state index in [0.29, 0.717) is 50.1 Å². The Balaban J connectivity index is 0.00000289. The molecule has 0 bridgehead atoms. The fourth-order valence-electron chi connectivity index (χ4n) is 5.09. The number of nitrogens with zero attached hydrogens (tertiary/aromatic N) is 6. The molecule has 3 fully saturated rings. The largest absolute Gasteiger partial charge is 0.354 e. The van der Waals surface area contributed by atoms with Crippen LogP contribution in [0.5, 0.6) is 0 Å². The molecule has 4 heterocycles. The molecule has 3 aliphatic rings. The highest BCUT2D eigenvalue weighted by molar-refractivity contribution is 5.85. The van der Waals surface area contributed by atoms with Gasteiger partial charge in [-0.1, -0.05) is 0 Å². The lowest BCUT2D eigenvalue weighted by molar-refractivity contribution is 0.301. The van der Waals surface area contributed by atoms with E-state index >= 15 is 0 Å². The lowest BCUT2D eigenvalue weighted by Gasteiger charge is -2.37. The number of halogens is 1. The highest BCUT2D eigenvalue weighted by Gasteiger charge is 2.29. The number of hydrogen-bond acceptors (Lipinski definition) is 11. The fraction of sp³-hybridized carbons (Fsp3) is 0.850. The summed E-state index contributed by atoms with van der Waals surface area (Å²) in [6.45, 7) is 4.72. The quantitative estimate of drug-likeness (QED) is 0.344. The van der Waals surface area contributed by atoms with Gasteiger partial charge in [0.2, 0.25) is 17.8 Å². The van der Waals surface area contributed by atoms with Crippen molar-refractivity contribution in [1.29, 1.82) is 0 Å². The lowest BCUT2D eigenvalue weighted by Crippen LogP contribution is -2.54. The zero-order valence-corrected chi connectivity index (χ0v) is 19.9. The molecule has 4 rings (SSSR count). The molecule has 0 spiro atoms. The van der Waals surface area contributed by atoms with E-state index in [0.717, 1.165) is 25.8 Å². The molecule has 1 aromatic rings. The Morgan fingerprint density at radius 1 is 0.844 bits per heavy atom. The van der Waals surface area contributed by atoms with E-state index in [1.165, 1.54) is 19.4 Å². The van der Waals surface area contributed by atoms with Crippen molar-refractivity contribution in [3.8, 4) is 0 Å². The second kappa shape index (κ2) is 11.1. The Morgan fingerprint density at radius 2 is 1.34 bits per heavy atom. The van der Waals surface area contributed by atoms with Gasteiger partial charge in [0.1, 0.15) is 0 Å². The Labute approximate surface area is 197 Å². The molecular formula is C20H40ClN11. The monoisotopic (exact) mass is 469 g/mol. The van der Waals surface area contributed by atoms with Crippen molar-refractivity contribution in [3.63, 3.8) is 0 Å². The van der Waals surface area contributed by atoms with Crippen molar-refractivity contribution in [2.24, 2.45) is 22.9 Å². The van der Waals surface area contributed by atoms with Crippen LogP contribution >= 0.6 is 12.4 Å². The van der Waals surface area contributed by atoms with Crippen LogP contribution in [0.25, 0.3) is 0 Å². The summed E-state index contributed by atoms with van der Waals surface area (Å²) in [5.74, 6) is 1.81. The molecule has 3 saturated heterocycles. The number of anilines is 3. The zero-order valence-electron chi connectivity index (χ0n) is 19.1. The van der Waals surface area contributed by atoms with Crippen LogP contribution < -0.4 is 38.1 Å². The third kappa shape index (κ3) is 6.30. The van der Waals surface area contributed by atoms with E-state index in [9.17, 15) is 0 Å². The highest BCUT2D eigenvalue weighted by Crippen LogP contribution is 2.23. The van der Waals surface area contributed by atoms with E-state index in [1.54, 1.807) is 0 Å². The standard InChI is InChI=1S/C20H39N11.ClH/c1-29-6-2-3-17(29)4-5-25-18-26-19(30-9-13(21)7-14(22)10-30)28-20(27-18)31-11-15(23)8-16(24)12-31;/h13-17H,2-12,21-24H2,1H3,(H,25,26,27,28);1H/t13-,14+,15-,16+,17?;. The van der Waals surface area contributed by atoms with Gasteiger partial charge in [-0.3, -0.25) is 0 Å². The van der Waals surface area contributed by atoms with Gasteiger partial charge < -0.3 is 43.0 Å². The maximum Gasteiger partial charge on any atom is 0.232 e. The molecule has 1 aromatic heterocycles. The Kier molecular flexibility index (Phi) is 8.70. The Morgan fingerprint density at radius 3 is 1.78 bits per heavy atom. The summed E-state index contributed by atoms with van der Waals surface area (Å²) in [4.78, 5) is 20.8. The van der Waals surface area contributed by atoms with E-state index in [4.69, 9.17) is 37.9 Å². The minimum atomic E-state index is 0. The van der Waals surface area contributed by atoms with Crippen molar-refractivity contribution in [2.45, 2.75) is 62.3 Å². The highest BCUT2D eigenvalue weighted by atomic mass is 35.5. The molecule has 9 N–H and O–H groups in total. The van der Waals surface area contributed by atoms with Gasteiger partial charge >= 0.3 is 0 Å². The number of piperidine rings is 2. The molecule has 5 atom stereocenters. The number of hydrogen-bond donors (Lipinski definition) is 5. The van der Waals surface area contributed by atoms with Gasteiger partial charge in [0.25, 0.3) is 0 Å². The molecule has 1 unspecified atom stereocenters. The van der Waals surface area contributed by atoms with Crippen LogP contribution in [0.15, 0.2) is 0 Å². The number of nitrogens with one attached hydrogen (secondary N) is 1. The third-order valence-corrected chi connectivity index (χ3v) is 6.64. The van der Waals surface area contributed by atoms with Crippen LogP contribution in [0.3, 0.4) is 0 Å². The maximum absolute atomic E-state index is 6.21. The fourth-order valence-corrected chi connectivity index (χ4v) is 5.09. The predicted octanol–water partition coefficient (Wildman–Crippen LogP) is -1.08. The number of aromatic nitrogens is 3. The summed E-state index contributed by atoms with van der Waals surface area (Å²) in [5, 5.41) is 3.43. The first kappa shape index (κ1) is 25.1. The molecule has 12 heteroatoms. The van der Waals surface area contributed by atoms with Gasteiger partial charge in [0.15, 0.2) is 0 Å². The SMILES string of the molecule is CN1CCCC1CCNc1nc(N2C[C@H](N)C[C@H](N)C2)nc(N2C[C@H](N)C[C@H](N)C2)n1.Cl. The van der Waals surface area contributed by atoms with E-state index < -0.39 is 0 Å². The molecule has 32 heavy (non-hydrogen) atoms. The first-order chi connectivity index (χ1) is 14.9. The minimum absolute atomic E-state index is 0. The summed E-state index contributed by atoms with van der Waals surface area (Å²) in [7, 11) is 2.20. The third-order valence-electron chi connectivity index (χ3n) is 6.64. The molecule has 0 radical (unpaired) electrons. The molecule has 0 saturated carbocycles. The van der Waals surface area contributed by atoms with E-state index in [2.05, 4.69) is 27.1 Å². The molecule has 0 aliphatic carbocycles. The van der Waals surface area contributed by atoms with Crippen LogP contribution in [-0.4, -0.2) is 96.4 Å². The van der Waals surface area contributed by atoms with Gasteiger partial charge in [-0.2, -0.15) is 15.0 Å². The first-order valence-corrected chi connectivity index (χ1v) is 11.6. The average molecular weight is 470 g/mol. The first-order valence-electron chi connectivity index (χ1n) is 11.6. The van der Waals surface area contributed by atoms with Crippen molar-refractivity contribution in [3.05, 3.63) is 0 Å². The Hall–Kier alpha value is -1.50. The van der Waals surface area contributed by atoms with Gasteiger partial charge in [-0.25, -0.2) is 0 Å². The van der Waals surface area contributed by atoms with Gasteiger partial charge in [-0.15, -0.1) is 12.4 Å². The van der Waals surface area contributed by atoms with Crippen LogP contribution in [0.4, 0.5) is 17.8 Å². The topological polar surface area (TPSA) is 164 Å². The summed E-state index contributed by atoms with van der Waals surface area (Å²) in [6.07, 6.45) is 5.20. The zero-order chi connectivity index (χ0) is 22.0. The lowest BCUT2D eigenvalue weighted by atomic mass is 10.0. The minimum Gasteiger partial charge on any atom is -0.354 e. The summed E-state index contributed by atoms with van der Waals surface area (Å²) in [6, 6.07) is 0.653. The second-order valence-corrected chi connectivity index (χ2v) is 9.57. The molecule has 3 aliphatic heterocycles. The van der Waals surface area contributed by atoms with Gasteiger partial charge in [0.05, 0.1) is 0 Å². The number of nitrogens with two attached hydrogens (primary N) is 4. The van der Waals surface area contributed by atoms with Crippen molar-refractivity contribution in [1.82, 2.24) is 19.9 Å². The van der Waals surface area contributed by atoms with Crippen molar-refractivity contribution >= 4 is 30.3 Å². The van der Waals surface area contributed by atoms with Gasteiger partial charge in [-0.05, 0) is 45.7 Å². The summed E-state index contributed by atoms with van der Waals surface area (Å²) in [5.41, 5.74) is 24.9. The maximum atomic E-state index is 6.21. The van der Waals surface area contributed by atoms with Crippen molar-refractivity contribution in [2.75, 3.05) is 61.4 Å². The van der Waals surface area contributed by atoms with Crippen LogP contribution in [-0.2, 0) is 0 Å². The number of likely N-dealkylation sites (tertiary alicyclic amines) is 1. The summed E-state index contributed by atoms with van der Waals surface area (Å²) < 4.78 is 0. The molecule has 11 nitrogen and oxygen atoms in total. The Bertz CT molecular complexity index is 673. The van der Waals surface area contributed by atoms with E-state index in [1.807, 2.05) is 0 Å². The normalized spacial score (nSPS) is 31.5. The van der Waals surface area contributed by atoms with Crippen LogP contribution in [0.1, 0.15) is 32.1 Å². The van der Waals surface area contributed by atoms with Crippen LogP contribution in [0.2, 0.25) is 0 Å². The van der Waals surface area contributed by atoms with Crippen LogP contribution in [0, 0.1) is 0 Å². The predicted molar refractivity (Wildman–Crippen MR) is 131 cm³/mol. The average Bonchev–Trinajstić information content (AvgIpc) is 3.11. The smallest absolute Gasteiger partial charge is 0.232 e. The van der Waals surface area contributed by atoms with Gasteiger partial charge in [0, 0.05) is 62.9 Å². The van der Waals surface area contributed by atoms with Crippen molar-refractivity contribution < 1.29 is 0 Å². The second-order valence-electron chi connectivity index (χ2n) is 9.57. The number of rotatable bonds is 6. The molecule has 0 aromatic carbocycles. The van der Waals surface area contributed by atoms with E-state index in [-0.39, 0.29) is 36.6 Å². The molecule has 0 amide bonds. The molecular weight excluding hydrogens is 430 g/mol. The summed E-state index contributed by atoms with van der Waals surface area (Å²) >= 11 is 0. The molecule has 182 valence electrons.